The SMILES string of the molecule is CN=C(NCc1ccc(O)c(F)c1)NCC1CC(=O)N(CCc2ccccc2)C1.I. The predicted octanol–water partition coefficient (Wildman–Crippen LogP) is 2.91. The average Bonchev–Trinajstić information content (AvgIpc) is 3.09. The van der Waals surface area contributed by atoms with Gasteiger partial charge < -0.3 is 20.6 Å². The van der Waals surface area contributed by atoms with Gasteiger partial charge in [-0.1, -0.05) is 36.4 Å². The number of benzene rings is 2. The van der Waals surface area contributed by atoms with E-state index in [1.54, 1.807) is 13.1 Å². The normalized spacial score (nSPS) is 16.3. The van der Waals surface area contributed by atoms with Crippen LogP contribution in [0.1, 0.15) is 17.5 Å². The number of carbonyl (C=O) groups is 1. The van der Waals surface area contributed by atoms with Crippen molar-refractivity contribution in [3.05, 3.63) is 65.5 Å². The minimum Gasteiger partial charge on any atom is -0.505 e. The Hall–Kier alpha value is -2.36. The van der Waals surface area contributed by atoms with E-state index >= 15 is 0 Å². The van der Waals surface area contributed by atoms with Crippen molar-refractivity contribution in [3.8, 4) is 5.75 Å². The van der Waals surface area contributed by atoms with Crippen molar-refractivity contribution in [2.75, 3.05) is 26.7 Å². The molecule has 0 saturated carbocycles. The van der Waals surface area contributed by atoms with Crippen LogP contribution < -0.4 is 10.6 Å². The Kier molecular flexibility index (Phi) is 9.35. The van der Waals surface area contributed by atoms with Crippen LogP contribution in [-0.4, -0.2) is 48.6 Å². The first-order valence-electron chi connectivity index (χ1n) is 9.78. The van der Waals surface area contributed by atoms with Crippen LogP contribution in [0.5, 0.6) is 5.75 Å². The summed E-state index contributed by atoms with van der Waals surface area (Å²) in [5, 5.41) is 15.6. The third-order valence-electron chi connectivity index (χ3n) is 5.06. The zero-order valence-electron chi connectivity index (χ0n) is 17.0. The molecule has 0 spiro atoms. The summed E-state index contributed by atoms with van der Waals surface area (Å²) in [4.78, 5) is 18.4. The second-order valence-electron chi connectivity index (χ2n) is 7.24. The maximum atomic E-state index is 13.4. The molecule has 1 aliphatic heterocycles. The van der Waals surface area contributed by atoms with Crippen molar-refractivity contribution in [1.29, 1.82) is 0 Å². The van der Waals surface area contributed by atoms with Gasteiger partial charge in [-0.3, -0.25) is 9.79 Å². The van der Waals surface area contributed by atoms with Gasteiger partial charge in [0, 0.05) is 45.6 Å². The smallest absolute Gasteiger partial charge is 0.223 e. The standard InChI is InChI=1S/C22H27FN4O2.HI/c1-24-22(25-13-17-7-8-20(28)19(23)11-17)26-14-18-12-21(29)27(15-18)10-9-16-5-3-2-4-6-16;/h2-8,11,18,28H,9-10,12-15H2,1H3,(H2,24,25,26);1H. The Morgan fingerprint density at radius 1 is 1.20 bits per heavy atom. The van der Waals surface area contributed by atoms with E-state index < -0.39 is 5.82 Å². The maximum absolute atomic E-state index is 13.4. The maximum Gasteiger partial charge on any atom is 0.223 e. The lowest BCUT2D eigenvalue weighted by molar-refractivity contribution is -0.127. The molecule has 0 bridgehead atoms. The molecule has 162 valence electrons. The van der Waals surface area contributed by atoms with Crippen molar-refractivity contribution < 1.29 is 14.3 Å². The monoisotopic (exact) mass is 526 g/mol. The van der Waals surface area contributed by atoms with Crippen molar-refractivity contribution in [2.45, 2.75) is 19.4 Å². The molecule has 3 rings (SSSR count). The Morgan fingerprint density at radius 3 is 2.67 bits per heavy atom. The van der Waals surface area contributed by atoms with Gasteiger partial charge in [-0.15, -0.1) is 24.0 Å². The van der Waals surface area contributed by atoms with E-state index in [-0.39, 0.29) is 41.6 Å². The molecule has 2 aromatic carbocycles. The minimum absolute atomic E-state index is 0. The molecule has 1 aliphatic rings. The number of carbonyl (C=O) groups excluding carboxylic acids is 1. The molecule has 0 radical (unpaired) electrons. The first-order valence-corrected chi connectivity index (χ1v) is 9.78. The van der Waals surface area contributed by atoms with E-state index in [1.165, 1.54) is 17.7 Å². The minimum atomic E-state index is -0.646. The van der Waals surface area contributed by atoms with Crippen molar-refractivity contribution in [2.24, 2.45) is 10.9 Å². The van der Waals surface area contributed by atoms with Gasteiger partial charge in [-0.05, 0) is 29.7 Å². The Balaban J connectivity index is 0.00000320. The molecule has 1 saturated heterocycles. The molecular formula is C22H28FIN4O2. The van der Waals surface area contributed by atoms with Crippen molar-refractivity contribution in [1.82, 2.24) is 15.5 Å². The Morgan fingerprint density at radius 2 is 1.97 bits per heavy atom. The zero-order valence-corrected chi connectivity index (χ0v) is 19.3. The summed E-state index contributed by atoms with van der Waals surface area (Å²) in [6.45, 7) is 2.48. The van der Waals surface area contributed by atoms with Crippen LogP contribution in [0.25, 0.3) is 0 Å². The first-order chi connectivity index (χ1) is 14.0. The van der Waals surface area contributed by atoms with E-state index in [1.807, 2.05) is 23.1 Å². The molecule has 1 fully saturated rings. The number of halogens is 2. The molecule has 1 unspecified atom stereocenters. The third kappa shape index (κ3) is 6.86. The largest absolute Gasteiger partial charge is 0.505 e. The van der Waals surface area contributed by atoms with Gasteiger partial charge in [-0.25, -0.2) is 4.39 Å². The molecule has 8 heteroatoms. The summed E-state index contributed by atoms with van der Waals surface area (Å²) < 4.78 is 13.4. The van der Waals surface area contributed by atoms with Crippen LogP contribution in [0.4, 0.5) is 4.39 Å². The fraction of sp³-hybridized carbons (Fsp3) is 0.364. The number of hydrogen-bond acceptors (Lipinski definition) is 3. The van der Waals surface area contributed by atoms with Crippen LogP contribution in [0.3, 0.4) is 0 Å². The Labute approximate surface area is 193 Å². The number of rotatable bonds is 7. The van der Waals surface area contributed by atoms with Gasteiger partial charge >= 0.3 is 0 Å². The molecule has 1 amide bonds. The molecule has 3 N–H and O–H groups in total. The summed E-state index contributed by atoms with van der Waals surface area (Å²) in [7, 11) is 1.67. The highest BCUT2D eigenvalue weighted by Crippen LogP contribution is 2.18. The summed E-state index contributed by atoms with van der Waals surface area (Å²) >= 11 is 0. The highest BCUT2D eigenvalue weighted by molar-refractivity contribution is 14.0. The molecule has 1 atom stereocenters. The van der Waals surface area contributed by atoms with Crippen LogP contribution >= 0.6 is 24.0 Å². The molecule has 2 aromatic rings. The van der Waals surface area contributed by atoms with E-state index in [0.717, 1.165) is 19.5 Å². The average molecular weight is 526 g/mol. The predicted molar refractivity (Wildman–Crippen MR) is 127 cm³/mol. The molecule has 6 nitrogen and oxygen atoms in total. The summed E-state index contributed by atoms with van der Waals surface area (Å²) in [6, 6.07) is 14.4. The topological polar surface area (TPSA) is 77.0 Å². The molecule has 1 heterocycles. The number of phenols is 1. The molecule has 30 heavy (non-hydrogen) atoms. The Bertz CT molecular complexity index is 863. The molecule has 0 aliphatic carbocycles. The van der Waals surface area contributed by atoms with Gasteiger partial charge in [0.2, 0.25) is 5.91 Å². The number of phenolic OH excluding ortho intramolecular Hbond substituents is 1. The summed E-state index contributed by atoms with van der Waals surface area (Å²) in [5.74, 6) is -0.00172. The number of likely N-dealkylation sites (tertiary alicyclic amines) is 1. The van der Waals surface area contributed by atoms with Gasteiger partial charge in [0.25, 0.3) is 0 Å². The lowest BCUT2D eigenvalue weighted by Crippen LogP contribution is -2.40. The van der Waals surface area contributed by atoms with Crippen LogP contribution in [0.2, 0.25) is 0 Å². The number of hydrogen-bond donors (Lipinski definition) is 3. The number of aliphatic imine (C=N–C) groups is 1. The first kappa shape index (κ1) is 23.9. The van der Waals surface area contributed by atoms with Gasteiger partial charge in [0.05, 0.1) is 0 Å². The van der Waals surface area contributed by atoms with Crippen molar-refractivity contribution >= 4 is 35.8 Å². The van der Waals surface area contributed by atoms with Crippen LogP contribution in [0, 0.1) is 11.7 Å². The van der Waals surface area contributed by atoms with Gasteiger partial charge in [0.1, 0.15) is 0 Å². The van der Waals surface area contributed by atoms with Crippen LogP contribution in [-0.2, 0) is 17.8 Å². The van der Waals surface area contributed by atoms with Crippen molar-refractivity contribution in [3.63, 3.8) is 0 Å². The highest BCUT2D eigenvalue weighted by Gasteiger charge is 2.29. The third-order valence-corrected chi connectivity index (χ3v) is 5.06. The zero-order chi connectivity index (χ0) is 20.6. The van der Waals surface area contributed by atoms with E-state index in [9.17, 15) is 14.3 Å². The molecular weight excluding hydrogens is 498 g/mol. The van der Waals surface area contributed by atoms with E-state index in [2.05, 4.69) is 27.8 Å². The van der Waals surface area contributed by atoms with Crippen LogP contribution in [0.15, 0.2) is 53.5 Å². The summed E-state index contributed by atoms with van der Waals surface area (Å²) in [5.41, 5.74) is 1.93. The number of amides is 1. The quantitative estimate of drug-likeness (QED) is 0.295. The lowest BCUT2D eigenvalue weighted by Gasteiger charge is -2.18. The van der Waals surface area contributed by atoms with E-state index in [4.69, 9.17) is 0 Å². The fourth-order valence-electron chi connectivity index (χ4n) is 3.42. The van der Waals surface area contributed by atoms with Gasteiger partial charge in [-0.2, -0.15) is 0 Å². The fourth-order valence-corrected chi connectivity index (χ4v) is 3.42. The van der Waals surface area contributed by atoms with Gasteiger partial charge in [0.15, 0.2) is 17.5 Å². The second kappa shape index (κ2) is 11.7. The highest BCUT2D eigenvalue weighted by atomic mass is 127. The lowest BCUT2D eigenvalue weighted by atomic mass is 10.1. The number of nitrogens with one attached hydrogen (secondary N) is 2. The number of guanidine groups is 1. The van der Waals surface area contributed by atoms with E-state index in [0.29, 0.717) is 31.0 Å². The number of aromatic hydroxyl groups is 1. The number of nitrogens with zero attached hydrogens (tertiary/aromatic N) is 2. The summed E-state index contributed by atoms with van der Waals surface area (Å²) in [6.07, 6.45) is 1.39. The molecule has 0 aromatic heterocycles. The second-order valence-corrected chi connectivity index (χ2v) is 7.24.